The molecule has 0 aliphatic rings. The van der Waals surface area contributed by atoms with Gasteiger partial charge in [-0.25, -0.2) is 0 Å². The molecular formula is C71H122O6. The van der Waals surface area contributed by atoms with E-state index in [2.05, 4.69) is 118 Å². The minimum absolute atomic E-state index is 0.0853. The lowest BCUT2D eigenvalue weighted by Crippen LogP contribution is -2.30. The predicted octanol–water partition coefficient (Wildman–Crippen LogP) is 22.4. The van der Waals surface area contributed by atoms with Crippen LogP contribution in [0.4, 0.5) is 0 Å². The fourth-order valence-electron chi connectivity index (χ4n) is 9.15. The number of unbranched alkanes of at least 4 members (excludes halogenated alkanes) is 32. The molecule has 0 rings (SSSR count). The van der Waals surface area contributed by atoms with E-state index in [1.165, 1.54) is 148 Å². The van der Waals surface area contributed by atoms with Gasteiger partial charge in [-0.05, 0) is 116 Å². The Labute approximate surface area is 477 Å². The summed E-state index contributed by atoms with van der Waals surface area (Å²) < 4.78 is 16.9. The summed E-state index contributed by atoms with van der Waals surface area (Å²) in [7, 11) is 0. The number of allylic oxidation sites excluding steroid dienone is 16. The van der Waals surface area contributed by atoms with Gasteiger partial charge in [0.2, 0.25) is 0 Å². The van der Waals surface area contributed by atoms with Crippen LogP contribution in [0.1, 0.15) is 316 Å². The molecule has 0 spiro atoms. The average Bonchev–Trinajstić information content (AvgIpc) is 3.43. The largest absolute Gasteiger partial charge is 0.462 e. The number of ether oxygens (including phenoxy) is 3. The highest BCUT2D eigenvalue weighted by Crippen LogP contribution is 2.16. The summed E-state index contributed by atoms with van der Waals surface area (Å²) in [5.74, 6) is -0.897. The van der Waals surface area contributed by atoms with Crippen molar-refractivity contribution < 1.29 is 28.6 Å². The van der Waals surface area contributed by atoms with Crippen molar-refractivity contribution in [3.8, 4) is 0 Å². The van der Waals surface area contributed by atoms with E-state index in [9.17, 15) is 14.4 Å². The zero-order chi connectivity index (χ0) is 55.7. The van der Waals surface area contributed by atoms with Gasteiger partial charge < -0.3 is 14.2 Å². The highest BCUT2D eigenvalue weighted by molar-refractivity contribution is 5.71. The average molecular weight is 1070 g/mol. The molecule has 77 heavy (non-hydrogen) atoms. The first-order valence-electron chi connectivity index (χ1n) is 32.7. The van der Waals surface area contributed by atoms with Crippen molar-refractivity contribution in [1.29, 1.82) is 0 Å². The maximum absolute atomic E-state index is 12.9. The van der Waals surface area contributed by atoms with Crippen LogP contribution in [0.5, 0.6) is 0 Å². The summed E-state index contributed by atoms with van der Waals surface area (Å²) >= 11 is 0. The van der Waals surface area contributed by atoms with E-state index in [1.54, 1.807) is 0 Å². The van der Waals surface area contributed by atoms with Gasteiger partial charge in [0.05, 0.1) is 0 Å². The number of carbonyl (C=O) groups excluding carboxylic acids is 3. The van der Waals surface area contributed by atoms with Gasteiger partial charge in [-0.3, -0.25) is 14.4 Å². The first-order valence-corrected chi connectivity index (χ1v) is 32.7. The van der Waals surface area contributed by atoms with Crippen LogP contribution in [0.25, 0.3) is 0 Å². The third-order valence-corrected chi connectivity index (χ3v) is 14.0. The second-order valence-electron chi connectivity index (χ2n) is 21.6. The van der Waals surface area contributed by atoms with Gasteiger partial charge in [-0.2, -0.15) is 0 Å². The van der Waals surface area contributed by atoms with Crippen molar-refractivity contribution in [2.45, 2.75) is 322 Å². The van der Waals surface area contributed by atoms with Crippen molar-refractivity contribution in [2.24, 2.45) is 0 Å². The second-order valence-corrected chi connectivity index (χ2v) is 21.6. The molecule has 0 saturated heterocycles. The Morgan fingerprint density at radius 3 is 0.857 bits per heavy atom. The minimum atomic E-state index is -0.789. The highest BCUT2D eigenvalue weighted by Gasteiger charge is 2.19. The summed E-state index contributed by atoms with van der Waals surface area (Å²) in [6, 6.07) is 0. The molecule has 0 aliphatic heterocycles. The van der Waals surface area contributed by atoms with Crippen LogP contribution in [-0.4, -0.2) is 37.2 Å². The maximum Gasteiger partial charge on any atom is 0.306 e. The van der Waals surface area contributed by atoms with E-state index < -0.39 is 6.10 Å². The normalized spacial score (nSPS) is 12.7. The number of hydrogen-bond acceptors (Lipinski definition) is 6. The molecule has 0 aromatic heterocycles. The summed E-state index contributed by atoms with van der Waals surface area (Å²) in [6.07, 6.45) is 87.0. The standard InChI is InChI=1S/C71H122O6/c1-4-7-10-13-16-19-22-25-27-29-31-33-34-35-36-38-39-41-43-46-49-52-55-58-61-64-70(73)76-67-68(66-75-69(72)63-60-57-54-51-48-45-24-21-18-15-12-9-6-3)77-71(74)65-62-59-56-53-50-47-44-42-40-37-32-30-28-26-23-20-17-14-11-8-5-2/h7,10,12,15-16,19,21,24-25,27,30-33,35-36,68H,4-6,8-9,11,13-14,17-18,20,22-23,26,28-29,34,37-67H2,1-3H3/b10-7-,15-12-,19-16-,24-21-,27-25-,32-30-,33-31-,36-35-. The number of rotatable bonds is 59. The van der Waals surface area contributed by atoms with Crippen LogP contribution in [0.2, 0.25) is 0 Å². The summed E-state index contributed by atoms with van der Waals surface area (Å²) in [4.78, 5) is 38.3. The van der Waals surface area contributed by atoms with E-state index in [0.29, 0.717) is 19.3 Å². The second kappa shape index (κ2) is 64.9. The van der Waals surface area contributed by atoms with Gasteiger partial charge >= 0.3 is 17.9 Å². The predicted molar refractivity (Wildman–Crippen MR) is 334 cm³/mol. The number of esters is 3. The number of carbonyl (C=O) groups is 3. The smallest absolute Gasteiger partial charge is 0.306 e. The van der Waals surface area contributed by atoms with E-state index in [0.717, 1.165) is 128 Å². The van der Waals surface area contributed by atoms with Crippen LogP contribution in [0.15, 0.2) is 97.2 Å². The Morgan fingerprint density at radius 1 is 0.273 bits per heavy atom. The van der Waals surface area contributed by atoms with E-state index in [4.69, 9.17) is 14.2 Å². The summed E-state index contributed by atoms with van der Waals surface area (Å²) in [6.45, 7) is 6.47. The molecule has 0 fully saturated rings. The Bertz CT molecular complexity index is 1510. The van der Waals surface area contributed by atoms with Gasteiger partial charge in [-0.1, -0.05) is 279 Å². The lowest BCUT2D eigenvalue weighted by atomic mass is 10.1. The van der Waals surface area contributed by atoms with E-state index in [1.807, 2.05) is 0 Å². The fourth-order valence-corrected chi connectivity index (χ4v) is 9.15. The lowest BCUT2D eigenvalue weighted by Gasteiger charge is -2.18. The maximum atomic E-state index is 12.9. The Morgan fingerprint density at radius 2 is 0.532 bits per heavy atom. The molecule has 0 heterocycles. The zero-order valence-corrected chi connectivity index (χ0v) is 50.7. The van der Waals surface area contributed by atoms with Crippen molar-refractivity contribution in [3.05, 3.63) is 97.2 Å². The quantitative estimate of drug-likeness (QED) is 0.0261. The van der Waals surface area contributed by atoms with Gasteiger partial charge in [0.1, 0.15) is 13.2 Å². The molecule has 0 aromatic rings. The molecule has 6 heteroatoms. The Hall–Kier alpha value is -3.67. The molecular weight excluding hydrogens is 949 g/mol. The van der Waals surface area contributed by atoms with Crippen LogP contribution in [-0.2, 0) is 28.6 Å². The minimum Gasteiger partial charge on any atom is -0.462 e. The van der Waals surface area contributed by atoms with Crippen molar-refractivity contribution in [1.82, 2.24) is 0 Å². The van der Waals surface area contributed by atoms with Crippen molar-refractivity contribution >= 4 is 17.9 Å². The summed E-state index contributed by atoms with van der Waals surface area (Å²) in [5, 5.41) is 0. The first-order chi connectivity index (χ1) is 38.0. The monoisotopic (exact) mass is 1070 g/mol. The molecule has 1 unspecified atom stereocenters. The van der Waals surface area contributed by atoms with Gasteiger partial charge in [0, 0.05) is 19.3 Å². The Kier molecular flexibility index (Phi) is 61.8. The van der Waals surface area contributed by atoms with Crippen LogP contribution in [0, 0.1) is 0 Å². The molecule has 0 aromatic carbocycles. The fraction of sp³-hybridized carbons (Fsp3) is 0.732. The van der Waals surface area contributed by atoms with Gasteiger partial charge in [-0.15, -0.1) is 0 Å². The molecule has 6 nitrogen and oxygen atoms in total. The lowest BCUT2D eigenvalue weighted by molar-refractivity contribution is -0.167. The molecule has 0 radical (unpaired) electrons. The van der Waals surface area contributed by atoms with Gasteiger partial charge in [0.15, 0.2) is 6.10 Å². The Balaban J connectivity index is 4.33. The first kappa shape index (κ1) is 73.3. The van der Waals surface area contributed by atoms with Gasteiger partial charge in [0.25, 0.3) is 0 Å². The van der Waals surface area contributed by atoms with E-state index >= 15 is 0 Å². The molecule has 1 atom stereocenters. The molecule has 442 valence electrons. The highest BCUT2D eigenvalue weighted by atomic mass is 16.6. The van der Waals surface area contributed by atoms with Crippen LogP contribution < -0.4 is 0 Å². The molecule has 0 amide bonds. The van der Waals surface area contributed by atoms with Crippen LogP contribution >= 0.6 is 0 Å². The summed E-state index contributed by atoms with van der Waals surface area (Å²) in [5.41, 5.74) is 0. The third kappa shape index (κ3) is 63.0. The molecule has 0 aliphatic carbocycles. The third-order valence-electron chi connectivity index (χ3n) is 14.0. The SMILES string of the molecule is CC/C=C\C/C=C\C/C=C\C/C=C\C/C=C\CCCCCCCCCCCC(=O)OCC(COC(=O)CCCCCCC/C=C\C/C=C\CCC)OC(=O)CCCCCCCCCCC/C=C\CCCCCCCCCC. The molecule has 0 bridgehead atoms. The van der Waals surface area contributed by atoms with Crippen LogP contribution in [0.3, 0.4) is 0 Å². The molecule has 0 saturated carbocycles. The number of hydrogen-bond donors (Lipinski definition) is 0. The topological polar surface area (TPSA) is 78.9 Å². The van der Waals surface area contributed by atoms with Crippen molar-refractivity contribution in [2.75, 3.05) is 13.2 Å². The zero-order valence-electron chi connectivity index (χ0n) is 50.7. The van der Waals surface area contributed by atoms with E-state index in [-0.39, 0.29) is 31.1 Å². The molecule has 0 N–H and O–H groups in total. The van der Waals surface area contributed by atoms with Crippen molar-refractivity contribution in [3.63, 3.8) is 0 Å².